The van der Waals surface area contributed by atoms with Crippen molar-refractivity contribution in [1.29, 1.82) is 0 Å². The van der Waals surface area contributed by atoms with Gasteiger partial charge < -0.3 is 29.9 Å². The number of benzene rings is 4. The van der Waals surface area contributed by atoms with Crippen molar-refractivity contribution in [2.45, 2.75) is 115 Å². The summed E-state index contributed by atoms with van der Waals surface area (Å²) in [4.78, 5) is 56.6. The van der Waals surface area contributed by atoms with E-state index in [1.54, 1.807) is 36.0 Å². The molecule has 0 aliphatic carbocycles. The number of nitrogens with zero attached hydrogens (tertiary/aromatic N) is 2. The zero-order chi connectivity index (χ0) is 44.4. The number of para-hydroxylation sites is 2. The molecule has 62 heavy (non-hydrogen) atoms. The summed E-state index contributed by atoms with van der Waals surface area (Å²) in [6.45, 7) is 8.12. The van der Waals surface area contributed by atoms with E-state index in [9.17, 15) is 19.2 Å². The number of rotatable bonds is 6. The summed E-state index contributed by atoms with van der Waals surface area (Å²) in [5, 5.41) is 6.32. The van der Waals surface area contributed by atoms with Crippen molar-refractivity contribution in [2.75, 3.05) is 14.1 Å². The van der Waals surface area contributed by atoms with Crippen molar-refractivity contribution in [3.63, 3.8) is 0 Å². The highest BCUT2D eigenvalue weighted by Gasteiger charge is 2.32. The van der Waals surface area contributed by atoms with Crippen LogP contribution in [0.5, 0.6) is 11.5 Å². The van der Waals surface area contributed by atoms with Gasteiger partial charge in [-0.2, -0.15) is 0 Å². The summed E-state index contributed by atoms with van der Waals surface area (Å²) in [5.41, 5.74) is 2.95. The Morgan fingerprint density at radius 1 is 0.500 bits per heavy atom. The van der Waals surface area contributed by atoms with Crippen LogP contribution < -0.4 is 20.1 Å². The Labute approximate surface area is 368 Å². The van der Waals surface area contributed by atoms with Gasteiger partial charge in [-0.15, -0.1) is 0 Å². The van der Waals surface area contributed by atoms with E-state index in [-0.39, 0.29) is 47.9 Å². The molecule has 4 aromatic carbocycles. The van der Waals surface area contributed by atoms with E-state index >= 15 is 0 Å². The van der Waals surface area contributed by atoms with Crippen molar-refractivity contribution < 1.29 is 28.7 Å². The molecule has 328 valence electrons. The smallest absolute Gasteiger partial charge is 0.258 e. The lowest BCUT2D eigenvalue weighted by molar-refractivity contribution is -0.126. The lowest BCUT2D eigenvalue weighted by atomic mass is 10.0. The second kappa shape index (κ2) is 23.7. The average Bonchev–Trinajstić information content (AvgIpc) is 3.29. The largest absolute Gasteiger partial charge is 0.490 e. The van der Waals surface area contributed by atoms with Gasteiger partial charge in [-0.3, -0.25) is 19.2 Å². The van der Waals surface area contributed by atoms with Gasteiger partial charge in [0, 0.05) is 51.9 Å². The van der Waals surface area contributed by atoms with Gasteiger partial charge >= 0.3 is 0 Å². The number of amides is 4. The topological polar surface area (TPSA) is 117 Å². The third kappa shape index (κ3) is 13.4. The molecule has 2 aliphatic heterocycles. The summed E-state index contributed by atoms with van der Waals surface area (Å²) in [6, 6.07) is 32.9. The highest BCUT2D eigenvalue weighted by atomic mass is 16.5. The van der Waals surface area contributed by atoms with E-state index in [4.69, 9.17) is 9.47 Å². The molecule has 0 aromatic heterocycles. The van der Waals surface area contributed by atoms with Crippen LogP contribution in [0.1, 0.15) is 98.1 Å². The molecular formula is C52H64N4O6. The van der Waals surface area contributed by atoms with Gasteiger partial charge in [0.15, 0.2) is 0 Å². The van der Waals surface area contributed by atoms with E-state index in [0.717, 1.165) is 49.7 Å². The molecular weight excluding hydrogens is 777 g/mol. The molecule has 0 spiro atoms. The summed E-state index contributed by atoms with van der Waals surface area (Å²) >= 11 is 0. The standard InChI is InChI=1S/2C26H32N2O3/c2*1-4-21-15-9-8-12-19(2)31-24-17-11-10-16-22(24)26(30)28(3)23(25(29)27-21)18-20-13-6-5-7-14-20/h2*5-11,13-14,16-17,19,21,23H,4,12,15,18H2,1-3H3,(H,27,29)/b9-8+;9-8-/t2*19-,21+,23+/m00/s1. The highest BCUT2D eigenvalue weighted by molar-refractivity contribution is 6.00. The van der Waals surface area contributed by atoms with Crippen molar-refractivity contribution in [3.05, 3.63) is 156 Å². The van der Waals surface area contributed by atoms with E-state index in [1.165, 1.54) is 0 Å². The van der Waals surface area contributed by atoms with Crippen LogP contribution in [0.25, 0.3) is 0 Å². The molecule has 6 rings (SSSR count). The molecule has 4 aromatic rings. The van der Waals surface area contributed by atoms with E-state index in [0.29, 0.717) is 35.5 Å². The minimum absolute atomic E-state index is 0.0250. The van der Waals surface area contributed by atoms with Crippen LogP contribution in [0.4, 0.5) is 0 Å². The van der Waals surface area contributed by atoms with Crippen molar-refractivity contribution in [3.8, 4) is 11.5 Å². The highest BCUT2D eigenvalue weighted by Crippen LogP contribution is 2.26. The monoisotopic (exact) mass is 840 g/mol. The fourth-order valence-corrected chi connectivity index (χ4v) is 7.52. The van der Waals surface area contributed by atoms with Gasteiger partial charge in [0.25, 0.3) is 11.8 Å². The molecule has 0 unspecified atom stereocenters. The predicted octanol–water partition coefficient (Wildman–Crippen LogP) is 8.76. The van der Waals surface area contributed by atoms with Gasteiger partial charge in [0.2, 0.25) is 11.8 Å². The maximum absolute atomic E-state index is 13.5. The molecule has 0 radical (unpaired) electrons. The minimum atomic E-state index is -0.624. The number of fused-ring (bicyclic) bond motifs is 2. The first-order chi connectivity index (χ1) is 30.0. The quantitative estimate of drug-likeness (QED) is 0.188. The predicted molar refractivity (Wildman–Crippen MR) is 246 cm³/mol. The normalized spacial score (nSPS) is 23.8. The van der Waals surface area contributed by atoms with E-state index < -0.39 is 12.1 Å². The molecule has 10 nitrogen and oxygen atoms in total. The molecule has 2 N–H and O–H groups in total. The summed E-state index contributed by atoms with van der Waals surface area (Å²) in [7, 11) is 3.39. The zero-order valence-electron chi connectivity index (χ0n) is 37.2. The lowest BCUT2D eigenvalue weighted by Crippen LogP contribution is -2.51. The van der Waals surface area contributed by atoms with Gasteiger partial charge in [0.1, 0.15) is 23.6 Å². The number of hydrogen-bond acceptors (Lipinski definition) is 6. The minimum Gasteiger partial charge on any atom is -0.490 e. The third-order valence-electron chi connectivity index (χ3n) is 11.4. The number of nitrogens with one attached hydrogen (secondary N) is 2. The Morgan fingerprint density at radius 3 is 1.21 bits per heavy atom. The van der Waals surface area contributed by atoms with E-state index in [2.05, 4.69) is 48.8 Å². The molecule has 0 saturated carbocycles. The molecule has 10 heteroatoms. The van der Waals surface area contributed by atoms with Gasteiger partial charge in [-0.05, 0) is 74.9 Å². The molecule has 6 atom stereocenters. The van der Waals surface area contributed by atoms with Gasteiger partial charge in [-0.25, -0.2) is 0 Å². The number of carbonyl (C=O) groups is 4. The van der Waals surface area contributed by atoms with Crippen LogP contribution in [0.2, 0.25) is 0 Å². The number of ether oxygens (including phenoxy) is 2. The van der Waals surface area contributed by atoms with Crippen LogP contribution in [0.15, 0.2) is 133 Å². The number of carbonyl (C=O) groups excluding carboxylic acids is 4. The second-order valence-corrected chi connectivity index (χ2v) is 16.2. The van der Waals surface area contributed by atoms with Gasteiger partial charge in [-0.1, -0.05) is 123 Å². The van der Waals surface area contributed by atoms with Crippen LogP contribution in [0.3, 0.4) is 0 Å². The first-order valence-corrected chi connectivity index (χ1v) is 22.0. The Kier molecular flexibility index (Phi) is 18.0. The van der Waals surface area contributed by atoms with Crippen molar-refractivity contribution in [2.24, 2.45) is 0 Å². The first-order valence-electron chi connectivity index (χ1n) is 22.0. The summed E-state index contributed by atoms with van der Waals surface area (Å²) in [5.74, 6) is 0.372. The zero-order valence-corrected chi connectivity index (χ0v) is 37.2. The van der Waals surface area contributed by atoms with Crippen LogP contribution in [0, 0.1) is 0 Å². The third-order valence-corrected chi connectivity index (χ3v) is 11.4. The van der Waals surface area contributed by atoms with Crippen molar-refractivity contribution in [1.82, 2.24) is 20.4 Å². The first kappa shape index (κ1) is 46.9. The van der Waals surface area contributed by atoms with Crippen LogP contribution >= 0.6 is 0 Å². The fraction of sp³-hybridized carbons (Fsp3) is 0.385. The maximum Gasteiger partial charge on any atom is 0.258 e. The summed E-state index contributed by atoms with van der Waals surface area (Å²) in [6.07, 6.45) is 13.8. The van der Waals surface area contributed by atoms with Crippen LogP contribution in [-0.2, 0) is 22.4 Å². The second-order valence-electron chi connectivity index (χ2n) is 16.2. The molecule has 0 saturated heterocycles. The van der Waals surface area contributed by atoms with Gasteiger partial charge in [0.05, 0.1) is 23.3 Å². The molecule has 2 heterocycles. The van der Waals surface area contributed by atoms with Crippen LogP contribution in [-0.4, -0.2) is 83.9 Å². The molecule has 0 fully saturated rings. The Hall–Kier alpha value is -6.16. The Bertz CT molecular complexity index is 1970. The number of hydrogen-bond donors (Lipinski definition) is 2. The Balaban J connectivity index is 0.000000234. The molecule has 0 bridgehead atoms. The van der Waals surface area contributed by atoms with E-state index in [1.807, 2.05) is 111 Å². The van der Waals surface area contributed by atoms with Crippen molar-refractivity contribution >= 4 is 23.6 Å². The number of likely N-dealkylation sites (N-methyl/N-ethyl adjacent to an activating group) is 2. The molecule has 2 aliphatic rings. The Morgan fingerprint density at radius 2 is 0.839 bits per heavy atom. The fourth-order valence-electron chi connectivity index (χ4n) is 7.52. The molecule has 4 amide bonds. The summed E-state index contributed by atoms with van der Waals surface area (Å²) < 4.78 is 12.2. The average molecular weight is 841 g/mol. The lowest BCUT2D eigenvalue weighted by Gasteiger charge is -2.30. The maximum atomic E-state index is 13.5. The SMILES string of the molecule is CC[C@@H]1C/C=C/C[C@H](C)Oc2ccccc2C(=O)N(C)[C@H](Cc2ccccc2)C(=O)N1.CC[C@@H]1C/C=C\C[C@H](C)Oc2ccccc2C(=O)N(C)[C@H](Cc2ccccc2)C(=O)N1.